The minimum atomic E-state index is -2.43. The lowest BCUT2D eigenvalue weighted by Crippen LogP contribution is -2.69. The van der Waals surface area contributed by atoms with E-state index in [1.54, 1.807) is 0 Å². The molecule has 0 aliphatic carbocycles. The van der Waals surface area contributed by atoms with E-state index in [4.69, 9.17) is 147 Å². The summed E-state index contributed by atoms with van der Waals surface area (Å²) < 4.78 is 88.6. The number of aliphatic hydroxyl groups excluding tert-OH is 15. The number of nitrogens with one attached hydrogen (secondary N) is 7. The first-order valence-electron chi connectivity index (χ1n) is 45.7. The molecule has 0 aromatic heterocycles. The van der Waals surface area contributed by atoms with Crippen molar-refractivity contribution in [2.75, 3.05) is 91.6 Å². The highest BCUT2D eigenvalue weighted by Gasteiger charge is 2.61. The van der Waals surface area contributed by atoms with E-state index in [-0.39, 0.29) is 303 Å². The first-order valence-corrected chi connectivity index (χ1v) is 45.7. The molecule has 70 heteroatoms. The zero-order valence-corrected chi connectivity index (χ0v) is 91.9. The molecule has 21 heterocycles. The fourth-order valence-electron chi connectivity index (χ4n) is 16.4. The van der Waals surface area contributed by atoms with E-state index in [2.05, 4.69) is 37.2 Å². The molecule has 6 amide bonds. The zero-order chi connectivity index (χ0) is 98.6. The van der Waals surface area contributed by atoms with E-state index < -0.39 is 345 Å². The minimum absolute atomic E-state index is 0. The monoisotopic (exact) mass is 2450 g/mol. The Morgan fingerprint density at radius 1 is 0.223 bits per heavy atom. The number of carbonyl (C=O) groups is 6. The number of carbonyl (C=O) groups excluding carboxylic acids is 6. The van der Waals surface area contributed by atoms with Crippen LogP contribution in [0.25, 0.3) is 0 Å². The van der Waals surface area contributed by atoms with Gasteiger partial charge < -0.3 is 255 Å². The number of ether oxygens (including phenoxy) is 14. The van der Waals surface area contributed by atoms with Gasteiger partial charge in [0.15, 0.2) is 44.0 Å². The van der Waals surface area contributed by atoms with Gasteiger partial charge in [0.05, 0.1) is 30.2 Å². The van der Waals surface area contributed by atoms with Crippen molar-refractivity contribution in [1.29, 1.82) is 0 Å². The molecule has 148 heavy (non-hydrogen) atoms. The van der Waals surface area contributed by atoms with Gasteiger partial charge in [0.2, 0.25) is 35.4 Å². The zero-order valence-electron chi connectivity index (χ0n) is 80.5. The number of rotatable bonds is 44. The van der Waals surface area contributed by atoms with Crippen LogP contribution in [0.4, 0.5) is 0 Å². The molecule has 21 saturated heterocycles. The Bertz CT molecular complexity index is 3560. The second kappa shape index (κ2) is 80.0. The summed E-state index contributed by atoms with van der Waals surface area (Å²) in [5, 5.41) is 204. The van der Waals surface area contributed by atoms with Crippen LogP contribution in [0.1, 0.15) is 96.3 Å². The fraction of sp³-hybridized carbons (Fsp3) is 0.923. The topological polar surface area (TPSA) is 984 Å². The summed E-state index contributed by atoms with van der Waals surface area (Å²) in [5.41, 5.74) is 84.1. The number of amides is 6. The van der Waals surface area contributed by atoms with Gasteiger partial charge in [-0.15, -0.1) is 174 Å². The number of hydrogen-bond donors (Lipinski definition) is 36. The smallest absolute Gasteiger partial charge is 0.237 e. The standard InChI is InChI=1S/C78H151N21O35.14ClH/c79-15-1-8-30(86)22-44(100)93-23-37-59-45(101)52(108)72(121-37)129-60-38(24-94-66(115)31(87)9-2-16-80)123-74(54(110)47(60)103)131-62-40(26-96-68(117)33(89)11-4-18-82)125-76(56(112)49(62)105)133-64-42(28-98-70(119)35(91)13-6-20-84)127-78(58(114)51(64)107)134-65-43(29-99-71(120)36(92)14-7-21-85)126-77(57(113)50(65)106)132-63-41(27-97-69(118)34(90)12-5-19-83)124-75(55(111)48(63)104)130-61-39(122-73(128-59)53(109)46(61)102)25-95-67(116)32(88)10-3-17-81;;;;;;;;;;;;;;/h30-43,45-65,67,72-78,95,101-114,116H,1-29,79-92H2,(H,93,100)(H,94,115)(H,96,117)(H,97,118)(H,98,119)(H,99,120);14*1H/t30-,31-,32-,33-,34-,35-,36-,37+,38+,39+,40+,41+,42+,43+,45+,46+,47+,48+,49+,50+,51+,52+,53+,54+,55+,56+,57+,58+,59+,60+,61+,62+,63+,64+,65+,67?,72+,73+,74+,75+,76+,77+,78+;;;;;;;;;;;;;;/m0............../s1. The van der Waals surface area contributed by atoms with E-state index in [1.807, 2.05) is 0 Å². The first-order chi connectivity index (χ1) is 63.8. The first kappa shape index (κ1) is 160. The molecule has 0 spiro atoms. The lowest BCUT2D eigenvalue weighted by molar-refractivity contribution is -0.392. The summed E-state index contributed by atoms with van der Waals surface area (Å²) in [6.45, 7) is -4.44. The Kier molecular flexibility index (Phi) is 86.5. The Hall–Kier alpha value is -0.880. The third kappa shape index (κ3) is 45.2. The number of hydrogen-bond acceptors (Lipinski definition) is 50. The highest BCUT2D eigenvalue weighted by Crippen LogP contribution is 2.40. The van der Waals surface area contributed by atoms with E-state index >= 15 is 0 Å². The van der Waals surface area contributed by atoms with Crippen LogP contribution in [0.2, 0.25) is 0 Å². The summed E-state index contributed by atoms with van der Waals surface area (Å²) in [5.74, 6) is -5.04. The molecule has 0 aromatic rings. The van der Waals surface area contributed by atoms with Gasteiger partial charge in [-0.3, -0.25) is 34.1 Å². The minimum Gasteiger partial charge on any atom is -0.387 e. The summed E-state index contributed by atoms with van der Waals surface area (Å²) in [6.07, 6.45) is -76.6. The molecule has 0 aromatic carbocycles. The summed E-state index contributed by atoms with van der Waals surface area (Å²) in [6, 6.07) is -8.13. The van der Waals surface area contributed by atoms with Crippen molar-refractivity contribution in [2.45, 2.75) is 360 Å². The van der Waals surface area contributed by atoms with E-state index in [0.29, 0.717) is 12.8 Å². The van der Waals surface area contributed by atoms with Crippen LogP contribution in [0.15, 0.2) is 0 Å². The molecule has 21 aliphatic rings. The molecule has 0 saturated carbocycles. The van der Waals surface area contributed by atoms with Crippen LogP contribution in [-0.2, 0) is 95.1 Å². The van der Waals surface area contributed by atoms with Crippen LogP contribution in [-0.4, -0.2) is 467 Å². The van der Waals surface area contributed by atoms with E-state index in [9.17, 15) is 105 Å². The number of aliphatic hydroxyl groups is 15. The lowest BCUT2D eigenvalue weighted by atomic mass is 9.94. The molecule has 56 nitrogen and oxygen atoms in total. The van der Waals surface area contributed by atoms with Crippen molar-refractivity contribution in [3.05, 3.63) is 0 Å². The van der Waals surface area contributed by atoms with Crippen LogP contribution >= 0.6 is 174 Å². The third-order valence-electron chi connectivity index (χ3n) is 24.6. The van der Waals surface area contributed by atoms with E-state index in [0.717, 1.165) is 0 Å². The Morgan fingerprint density at radius 3 is 0.568 bits per heavy atom. The maximum Gasteiger partial charge on any atom is 0.237 e. The Morgan fingerprint density at radius 2 is 0.385 bits per heavy atom. The van der Waals surface area contributed by atoms with Crippen LogP contribution in [0.3, 0.4) is 0 Å². The van der Waals surface area contributed by atoms with Gasteiger partial charge in [-0.25, -0.2) is 0 Å². The largest absolute Gasteiger partial charge is 0.387 e. The SMILES string of the molecule is Cl.Cl.Cl.Cl.Cl.Cl.Cl.Cl.Cl.Cl.Cl.Cl.Cl.Cl.NCCC[C@H](N)CC(=O)NC[C@H]1O[C@@H]2O[C@H]3[C@H](O)[C@@H](O)[C@@H](O[C@H]4[C@H](O)[C@@H](O)[C@@H](O[C@H]5[C@H](O)[C@@H](O)[C@@H](O[C@H]6[C@H](O)[C@@H](O)[C@@H](O[C@H]7[C@H](O)[C@@H](O)[C@@H](O[C@H]8[C@H](O)[C@@H](O)[C@@H](O[C@H]1[C@H](O)[C@H]2O)O[C@@H]8CNC(O)[C@@H](N)CCCN)O[C@@H]7CNC(=O)[C@@H](N)CCCN)O[C@@H]6CNC(=O)[C@@H](N)CCCN)O[C@@H]5CNC(=O)[C@@H](N)CCCN)O[C@@H]4CNC(=O)[C@@H](N)CCCN)O[C@@H]3CNC(=O)[C@@H](N)CCCN. The molecule has 1 unspecified atom stereocenters. The highest BCUT2D eigenvalue weighted by atomic mass is 35.5. The molecule has 14 bridgehead atoms. The number of halogens is 14. The maximum absolute atomic E-state index is 13.8. The molecule has 21 rings (SSSR count). The summed E-state index contributed by atoms with van der Waals surface area (Å²) >= 11 is 0. The summed E-state index contributed by atoms with van der Waals surface area (Å²) in [4.78, 5) is 82.9. The van der Waals surface area contributed by atoms with Crippen LogP contribution in [0, 0.1) is 0 Å². The van der Waals surface area contributed by atoms with Gasteiger partial charge >= 0.3 is 0 Å². The van der Waals surface area contributed by atoms with Gasteiger partial charge in [0.1, 0.15) is 177 Å². The van der Waals surface area contributed by atoms with Crippen molar-refractivity contribution >= 4 is 209 Å². The van der Waals surface area contributed by atoms with Gasteiger partial charge in [0.25, 0.3) is 0 Å². The molecule has 43 atom stereocenters. The maximum atomic E-state index is 13.8. The molecular weight excluding hydrogens is 2290 g/mol. The normalized spacial score (nSPS) is 34.9. The molecule has 50 N–H and O–H groups in total. The average Bonchev–Trinajstić information content (AvgIpc) is 0.802. The van der Waals surface area contributed by atoms with E-state index in [1.165, 1.54) is 0 Å². The summed E-state index contributed by atoms with van der Waals surface area (Å²) in [7, 11) is 0. The fourth-order valence-corrected chi connectivity index (χ4v) is 16.4. The van der Waals surface area contributed by atoms with Crippen molar-refractivity contribution in [1.82, 2.24) is 37.2 Å². The predicted octanol–water partition coefficient (Wildman–Crippen LogP) is -14.8. The Balaban J connectivity index is -0.00000284. The van der Waals surface area contributed by atoms with Crippen molar-refractivity contribution in [2.24, 2.45) is 80.3 Å². The van der Waals surface area contributed by atoms with Crippen molar-refractivity contribution in [3.8, 4) is 0 Å². The molecule has 0 radical (unpaired) electrons. The molecule has 21 fully saturated rings. The van der Waals surface area contributed by atoms with Crippen molar-refractivity contribution in [3.63, 3.8) is 0 Å². The second-order valence-electron chi connectivity index (χ2n) is 34.9. The van der Waals surface area contributed by atoms with Crippen LogP contribution < -0.4 is 117 Å². The Labute approximate surface area is 943 Å². The van der Waals surface area contributed by atoms with Gasteiger partial charge in [-0.05, 0) is 136 Å². The molecule has 21 aliphatic heterocycles. The molecule has 890 valence electrons. The predicted molar refractivity (Wildman–Crippen MR) is 561 cm³/mol. The van der Waals surface area contributed by atoms with Crippen LogP contribution in [0.5, 0.6) is 0 Å². The average molecular weight is 2450 g/mol. The highest BCUT2D eigenvalue weighted by molar-refractivity contribution is 5.88. The second-order valence-corrected chi connectivity index (χ2v) is 34.9. The molecular formula is C78H165Cl14N21O35. The number of nitrogens with two attached hydrogens (primary N) is 14. The van der Waals surface area contributed by atoms with Crippen molar-refractivity contribution < 1.29 is 172 Å². The van der Waals surface area contributed by atoms with Gasteiger partial charge in [-0.2, -0.15) is 0 Å². The lowest BCUT2D eigenvalue weighted by Gasteiger charge is -2.50. The quantitative estimate of drug-likeness (QED) is 0.0252. The van der Waals surface area contributed by atoms with Gasteiger partial charge in [0, 0.05) is 64.3 Å². The third-order valence-corrected chi connectivity index (χ3v) is 24.6. The van der Waals surface area contributed by atoms with Gasteiger partial charge in [-0.1, -0.05) is 0 Å².